The molecule has 19 heavy (non-hydrogen) atoms. The standard InChI is InChI=1S/C15H21BrN2O/c1-11(12-6-8-13(16)9-7-12)18-15(19)10-17-14-4-2-3-5-14/h6-9,11,14,17H,2-5,10H2,1H3,(H,18,19)/t11-/m1/s1. The molecule has 2 N–H and O–H groups in total. The molecule has 0 aromatic heterocycles. The lowest BCUT2D eigenvalue weighted by Gasteiger charge is -2.16. The van der Waals surface area contributed by atoms with E-state index in [0.717, 1.165) is 10.0 Å². The van der Waals surface area contributed by atoms with E-state index in [2.05, 4.69) is 26.6 Å². The van der Waals surface area contributed by atoms with Crippen LogP contribution >= 0.6 is 15.9 Å². The summed E-state index contributed by atoms with van der Waals surface area (Å²) in [4.78, 5) is 11.9. The molecule has 0 radical (unpaired) electrons. The van der Waals surface area contributed by atoms with Gasteiger partial charge in [-0.15, -0.1) is 0 Å². The van der Waals surface area contributed by atoms with Gasteiger partial charge in [0.1, 0.15) is 0 Å². The molecule has 1 atom stereocenters. The third kappa shape index (κ3) is 4.62. The summed E-state index contributed by atoms with van der Waals surface area (Å²) in [6.45, 7) is 2.43. The Balaban J connectivity index is 1.76. The van der Waals surface area contributed by atoms with Crippen LogP contribution in [0.15, 0.2) is 28.7 Å². The highest BCUT2D eigenvalue weighted by Gasteiger charge is 2.16. The maximum Gasteiger partial charge on any atom is 0.234 e. The monoisotopic (exact) mass is 324 g/mol. The van der Waals surface area contributed by atoms with Crippen LogP contribution in [0, 0.1) is 0 Å². The lowest BCUT2D eigenvalue weighted by molar-refractivity contribution is -0.121. The summed E-state index contributed by atoms with van der Waals surface area (Å²) in [6, 6.07) is 8.63. The van der Waals surface area contributed by atoms with Crippen LogP contribution in [0.4, 0.5) is 0 Å². The van der Waals surface area contributed by atoms with Gasteiger partial charge in [-0.05, 0) is 37.5 Å². The number of halogens is 1. The first-order chi connectivity index (χ1) is 9.15. The van der Waals surface area contributed by atoms with Gasteiger partial charge in [0.2, 0.25) is 5.91 Å². The zero-order valence-electron chi connectivity index (χ0n) is 11.3. The largest absolute Gasteiger partial charge is 0.348 e. The smallest absolute Gasteiger partial charge is 0.234 e. The first-order valence-corrected chi connectivity index (χ1v) is 7.72. The van der Waals surface area contributed by atoms with E-state index in [1.54, 1.807) is 0 Å². The van der Waals surface area contributed by atoms with Gasteiger partial charge in [-0.1, -0.05) is 40.9 Å². The molecule has 3 nitrogen and oxygen atoms in total. The van der Waals surface area contributed by atoms with E-state index in [-0.39, 0.29) is 11.9 Å². The number of carbonyl (C=O) groups is 1. The molecule has 0 aliphatic heterocycles. The van der Waals surface area contributed by atoms with Gasteiger partial charge in [0.15, 0.2) is 0 Å². The Morgan fingerprint density at radius 3 is 2.58 bits per heavy atom. The van der Waals surface area contributed by atoms with Crippen LogP contribution < -0.4 is 10.6 Å². The molecule has 0 bridgehead atoms. The first-order valence-electron chi connectivity index (χ1n) is 6.93. The van der Waals surface area contributed by atoms with Crippen LogP contribution in [0.5, 0.6) is 0 Å². The Kier molecular flexibility index (Phi) is 5.40. The SMILES string of the molecule is C[C@@H](NC(=O)CNC1CCCC1)c1ccc(Br)cc1. The Morgan fingerprint density at radius 2 is 1.95 bits per heavy atom. The number of hydrogen-bond acceptors (Lipinski definition) is 2. The van der Waals surface area contributed by atoms with Gasteiger partial charge < -0.3 is 10.6 Å². The Morgan fingerprint density at radius 1 is 1.32 bits per heavy atom. The van der Waals surface area contributed by atoms with Crippen LogP contribution in [0.3, 0.4) is 0 Å². The summed E-state index contributed by atoms with van der Waals surface area (Å²) in [6.07, 6.45) is 4.98. The van der Waals surface area contributed by atoms with Crippen LogP contribution in [-0.2, 0) is 4.79 Å². The van der Waals surface area contributed by atoms with Gasteiger partial charge in [0.05, 0.1) is 12.6 Å². The van der Waals surface area contributed by atoms with Gasteiger partial charge in [0, 0.05) is 10.5 Å². The quantitative estimate of drug-likeness (QED) is 0.873. The minimum atomic E-state index is 0.0472. The molecule has 1 aromatic rings. The van der Waals surface area contributed by atoms with Crippen molar-refractivity contribution in [3.63, 3.8) is 0 Å². The topological polar surface area (TPSA) is 41.1 Å². The maximum atomic E-state index is 11.9. The molecule has 4 heteroatoms. The fraction of sp³-hybridized carbons (Fsp3) is 0.533. The molecular formula is C15H21BrN2O. The second-order valence-electron chi connectivity index (χ2n) is 5.20. The van der Waals surface area contributed by atoms with Gasteiger partial charge in [0.25, 0.3) is 0 Å². The summed E-state index contributed by atoms with van der Waals surface area (Å²) in [7, 11) is 0. The minimum absolute atomic E-state index is 0.0472. The summed E-state index contributed by atoms with van der Waals surface area (Å²) >= 11 is 3.41. The molecule has 104 valence electrons. The van der Waals surface area contributed by atoms with Crippen LogP contribution in [0.1, 0.15) is 44.2 Å². The van der Waals surface area contributed by atoms with Crippen molar-refractivity contribution in [1.29, 1.82) is 0 Å². The minimum Gasteiger partial charge on any atom is -0.348 e. The molecule has 1 aromatic carbocycles. The Hall–Kier alpha value is -0.870. The van der Waals surface area contributed by atoms with Crippen molar-refractivity contribution in [3.05, 3.63) is 34.3 Å². The van der Waals surface area contributed by atoms with E-state index in [9.17, 15) is 4.79 Å². The number of hydrogen-bond donors (Lipinski definition) is 2. The van der Waals surface area contributed by atoms with Crippen LogP contribution in [-0.4, -0.2) is 18.5 Å². The Labute approximate surface area is 123 Å². The fourth-order valence-corrected chi connectivity index (χ4v) is 2.76. The lowest BCUT2D eigenvalue weighted by Crippen LogP contribution is -2.39. The molecule has 1 fully saturated rings. The van der Waals surface area contributed by atoms with E-state index in [1.165, 1.54) is 25.7 Å². The second kappa shape index (κ2) is 7.06. The third-order valence-corrected chi connectivity index (χ3v) is 4.18. The van der Waals surface area contributed by atoms with Crippen LogP contribution in [0.25, 0.3) is 0 Å². The predicted octanol–water partition coefficient (Wildman–Crippen LogP) is 3.16. The Bertz CT molecular complexity index is 413. The molecular weight excluding hydrogens is 304 g/mol. The number of nitrogens with one attached hydrogen (secondary N) is 2. The van der Waals surface area contributed by atoms with Crippen molar-refractivity contribution in [2.24, 2.45) is 0 Å². The third-order valence-electron chi connectivity index (χ3n) is 3.65. The molecule has 0 spiro atoms. The molecule has 1 aliphatic rings. The highest BCUT2D eigenvalue weighted by Crippen LogP contribution is 2.18. The first kappa shape index (κ1) is 14.5. The van der Waals surface area contributed by atoms with E-state index in [0.29, 0.717) is 12.6 Å². The molecule has 1 amide bonds. The van der Waals surface area contributed by atoms with Gasteiger partial charge >= 0.3 is 0 Å². The maximum absolute atomic E-state index is 11.9. The lowest BCUT2D eigenvalue weighted by atomic mass is 10.1. The number of rotatable bonds is 5. The van der Waals surface area contributed by atoms with Gasteiger partial charge in [-0.2, -0.15) is 0 Å². The van der Waals surface area contributed by atoms with E-state index in [1.807, 2.05) is 31.2 Å². The average Bonchev–Trinajstić information content (AvgIpc) is 2.90. The molecule has 0 unspecified atom stereocenters. The average molecular weight is 325 g/mol. The van der Waals surface area contributed by atoms with Gasteiger partial charge in [-0.25, -0.2) is 0 Å². The normalized spacial score (nSPS) is 17.4. The number of carbonyl (C=O) groups excluding carboxylic acids is 1. The zero-order valence-corrected chi connectivity index (χ0v) is 12.9. The fourth-order valence-electron chi connectivity index (χ4n) is 2.49. The van der Waals surface area contributed by atoms with Crippen molar-refractivity contribution in [1.82, 2.24) is 10.6 Å². The molecule has 1 saturated carbocycles. The zero-order chi connectivity index (χ0) is 13.7. The molecule has 2 rings (SSSR count). The summed E-state index contributed by atoms with van der Waals surface area (Å²) in [5.74, 6) is 0.0716. The molecule has 0 saturated heterocycles. The number of benzene rings is 1. The summed E-state index contributed by atoms with van der Waals surface area (Å²) < 4.78 is 1.05. The summed E-state index contributed by atoms with van der Waals surface area (Å²) in [5, 5.41) is 6.35. The van der Waals surface area contributed by atoms with Gasteiger partial charge in [-0.3, -0.25) is 4.79 Å². The van der Waals surface area contributed by atoms with Crippen molar-refractivity contribution in [2.45, 2.75) is 44.7 Å². The second-order valence-corrected chi connectivity index (χ2v) is 6.12. The summed E-state index contributed by atoms with van der Waals surface area (Å²) in [5.41, 5.74) is 1.12. The van der Waals surface area contributed by atoms with Crippen molar-refractivity contribution in [3.8, 4) is 0 Å². The van der Waals surface area contributed by atoms with Crippen LogP contribution in [0.2, 0.25) is 0 Å². The van der Waals surface area contributed by atoms with E-state index in [4.69, 9.17) is 0 Å². The van der Waals surface area contributed by atoms with E-state index < -0.39 is 0 Å². The predicted molar refractivity (Wildman–Crippen MR) is 81.0 cm³/mol. The van der Waals surface area contributed by atoms with E-state index >= 15 is 0 Å². The molecule has 1 aliphatic carbocycles. The molecule has 0 heterocycles. The highest BCUT2D eigenvalue weighted by atomic mass is 79.9. The van der Waals surface area contributed by atoms with Crippen molar-refractivity contribution >= 4 is 21.8 Å². The van der Waals surface area contributed by atoms with Crippen molar-refractivity contribution in [2.75, 3.05) is 6.54 Å². The number of amides is 1. The highest BCUT2D eigenvalue weighted by molar-refractivity contribution is 9.10. The van der Waals surface area contributed by atoms with Crippen molar-refractivity contribution < 1.29 is 4.79 Å².